The Kier molecular flexibility index (Phi) is 4.52. The van der Waals surface area contributed by atoms with Gasteiger partial charge in [0.1, 0.15) is 11.0 Å². The zero-order valence-corrected chi connectivity index (χ0v) is 15.6. The molecule has 4 rings (SSSR count). The summed E-state index contributed by atoms with van der Waals surface area (Å²) in [6.07, 6.45) is 0.518. The lowest BCUT2D eigenvalue weighted by atomic mass is 9.97. The van der Waals surface area contributed by atoms with Crippen molar-refractivity contribution in [2.24, 2.45) is 0 Å². The van der Waals surface area contributed by atoms with Crippen LogP contribution in [0.3, 0.4) is 0 Å². The number of benzene rings is 2. The van der Waals surface area contributed by atoms with Gasteiger partial charge in [-0.25, -0.2) is 4.79 Å². The van der Waals surface area contributed by atoms with E-state index in [0.29, 0.717) is 6.42 Å². The monoisotopic (exact) mass is 381 g/mol. The molecule has 0 aliphatic carbocycles. The molecule has 2 aliphatic heterocycles. The standard InChI is InChI=1S/C21H19NO4S/c1-21(13-23)19(22-16(24)12-17(22)27-21)20(25)26-18(14-8-4-2-5-9-14)15-10-6-3-7-11-15/h2-11,13,17-19H,12H2,1H3/t17-,19+,21+/m1/s1. The van der Waals surface area contributed by atoms with Crippen LogP contribution in [0.1, 0.15) is 30.6 Å². The fraction of sp³-hybridized carbons (Fsp3) is 0.286. The average Bonchev–Trinajstić information content (AvgIpc) is 2.95. The van der Waals surface area contributed by atoms with Crippen molar-refractivity contribution < 1.29 is 19.1 Å². The molecule has 2 fully saturated rings. The minimum Gasteiger partial charge on any atom is -0.451 e. The fourth-order valence-electron chi connectivity index (χ4n) is 3.65. The molecule has 1 amide bonds. The highest BCUT2D eigenvalue weighted by molar-refractivity contribution is 8.02. The normalized spacial score (nSPS) is 26.4. The number of thioether (sulfide) groups is 1. The number of esters is 1. The highest BCUT2D eigenvalue weighted by atomic mass is 32.2. The topological polar surface area (TPSA) is 63.7 Å². The van der Waals surface area contributed by atoms with Gasteiger partial charge < -0.3 is 14.4 Å². The minimum absolute atomic E-state index is 0.115. The SMILES string of the molecule is C[C@@]1(C=O)S[C@@H]2CC(=O)N2[C@H]1C(=O)OC(c1ccccc1)c1ccccc1. The summed E-state index contributed by atoms with van der Waals surface area (Å²) in [4.78, 5) is 38.4. The zero-order chi connectivity index (χ0) is 19.0. The van der Waals surface area contributed by atoms with E-state index in [2.05, 4.69) is 0 Å². The molecule has 2 heterocycles. The van der Waals surface area contributed by atoms with Crippen LogP contribution in [0.25, 0.3) is 0 Å². The van der Waals surface area contributed by atoms with E-state index in [0.717, 1.165) is 17.4 Å². The van der Waals surface area contributed by atoms with Crippen molar-refractivity contribution in [1.82, 2.24) is 4.90 Å². The Morgan fingerprint density at radius 3 is 2.19 bits per heavy atom. The molecule has 0 spiro atoms. The van der Waals surface area contributed by atoms with Gasteiger partial charge in [-0.05, 0) is 18.1 Å². The minimum atomic E-state index is -0.994. The molecule has 138 valence electrons. The van der Waals surface area contributed by atoms with E-state index in [-0.39, 0.29) is 11.3 Å². The number of rotatable bonds is 5. The first kappa shape index (κ1) is 17.8. The molecule has 0 saturated carbocycles. The Morgan fingerprint density at radius 1 is 1.15 bits per heavy atom. The summed E-state index contributed by atoms with van der Waals surface area (Å²) in [5.74, 6) is -0.665. The number of carbonyl (C=O) groups excluding carboxylic acids is 3. The number of β-lactam (4-membered cyclic amide) rings is 1. The van der Waals surface area contributed by atoms with Gasteiger partial charge in [0, 0.05) is 0 Å². The van der Waals surface area contributed by atoms with Gasteiger partial charge in [0.15, 0.2) is 12.1 Å². The molecule has 6 heteroatoms. The van der Waals surface area contributed by atoms with Crippen LogP contribution in [-0.2, 0) is 19.1 Å². The summed E-state index contributed by atoms with van der Waals surface area (Å²) in [7, 11) is 0. The molecule has 3 atom stereocenters. The van der Waals surface area contributed by atoms with Crippen molar-refractivity contribution in [3.8, 4) is 0 Å². The molecule has 2 saturated heterocycles. The Labute approximate surface area is 161 Å². The summed E-state index contributed by atoms with van der Waals surface area (Å²) in [6.45, 7) is 1.70. The number of hydrogen-bond acceptors (Lipinski definition) is 5. The maximum atomic E-state index is 13.1. The second kappa shape index (κ2) is 6.85. The molecule has 0 N–H and O–H groups in total. The number of hydrogen-bond donors (Lipinski definition) is 0. The van der Waals surface area contributed by atoms with Crippen molar-refractivity contribution >= 4 is 29.9 Å². The largest absolute Gasteiger partial charge is 0.451 e. The number of aldehydes is 1. The molecule has 0 unspecified atom stereocenters. The second-order valence-corrected chi connectivity index (χ2v) is 8.58. The molecular formula is C21H19NO4S. The molecule has 0 bridgehead atoms. The van der Waals surface area contributed by atoms with Crippen LogP contribution in [0.2, 0.25) is 0 Å². The number of nitrogens with zero attached hydrogens (tertiary/aromatic N) is 1. The van der Waals surface area contributed by atoms with Gasteiger partial charge in [0.25, 0.3) is 0 Å². The predicted octanol–water partition coefficient (Wildman–Crippen LogP) is 2.95. The first-order chi connectivity index (χ1) is 13.0. The fourth-order valence-corrected chi connectivity index (χ4v) is 5.21. The van der Waals surface area contributed by atoms with E-state index in [1.165, 1.54) is 16.7 Å². The molecule has 5 nitrogen and oxygen atoms in total. The first-order valence-electron chi connectivity index (χ1n) is 8.79. The maximum absolute atomic E-state index is 13.1. The number of amides is 1. The van der Waals surface area contributed by atoms with Gasteiger partial charge in [0.2, 0.25) is 5.91 Å². The van der Waals surface area contributed by atoms with Crippen LogP contribution in [0.4, 0.5) is 0 Å². The zero-order valence-electron chi connectivity index (χ0n) is 14.8. The summed E-state index contributed by atoms with van der Waals surface area (Å²) in [5.41, 5.74) is 1.67. The lowest BCUT2D eigenvalue weighted by molar-refractivity contribution is -0.164. The predicted molar refractivity (Wildman–Crippen MR) is 102 cm³/mol. The smallest absolute Gasteiger partial charge is 0.331 e. The van der Waals surface area contributed by atoms with E-state index >= 15 is 0 Å². The number of fused-ring (bicyclic) bond motifs is 1. The third kappa shape index (κ3) is 3.04. The van der Waals surface area contributed by atoms with Crippen molar-refractivity contribution in [3.05, 3.63) is 71.8 Å². The highest BCUT2D eigenvalue weighted by Gasteiger charge is 2.61. The molecule has 27 heavy (non-hydrogen) atoms. The molecule has 0 aromatic heterocycles. The van der Waals surface area contributed by atoms with Crippen LogP contribution in [-0.4, -0.2) is 39.2 Å². The van der Waals surface area contributed by atoms with E-state index in [9.17, 15) is 14.4 Å². The van der Waals surface area contributed by atoms with Gasteiger partial charge in [-0.3, -0.25) is 4.79 Å². The maximum Gasteiger partial charge on any atom is 0.331 e. The number of ether oxygens (including phenoxy) is 1. The lowest BCUT2D eigenvalue weighted by Gasteiger charge is -2.37. The highest BCUT2D eigenvalue weighted by Crippen LogP contribution is 2.50. The van der Waals surface area contributed by atoms with Gasteiger partial charge in [-0.15, -0.1) is 11.8 Å². The molecular weight excluding hydrogens is 362 g/mol. The molecule has 2 aliphatic rings. The Hall–Kier alpha value is -2.60. The first-order valence-corrected chi connectivity index (χ1v) is 9.67. The summed E-state index contributed by atoms with van der Waals surface area (Å²) >= 11 is 1.36. The van der Waals surface area contributed by atoms with Crippen molar-refractivity contribution in [1.29, 1.82) is 0 Å². The lowest BCUT2D eigenvalue weighted by Crippen LogP contribution is -2.58. The van der Waals surface area contributed by atoms with Gasteiger partial charge in [-0.1, -0.05) is 60.7 Å². The number of carbonyl (C=O) groups is 3. The Bertz CT molecular complexity index is 833. The third-order valence-corrected chi connectivity index (χ3v) is 6.55. The molecule has 0 radical (unpaired) electrons. The van der Waals surface area contributed by atoms with E-state index < -0.39 is 22.9 Å². The van der Waals surface area contributed by atoms with Crippen molar-refractivity contribution in [2.45, 2.75) is 35.6 Å². The Balaban J connectivity index is 1.66. The van der Waals surface area contributed by atoms with E-state index in [1.54, 1.807) is 6.92 Å². The van der Waals surface area contributed by atoms with Crippen LogP contribution >= 0.6 is 11.8 Å². The van der Waals surface area contributed by atoms with Crippen LogP contribution < -0.4 is 0 Å². The summed E-state index contributed by atoms with van der Waals surface area (Å²) < 4.78 is 4.91. The van der Waals surface area contributed by atoms with Crippen LogP contribution in [0.5, 0.6) is 0 Å². The van der Waals surface area contributed by atoms with Crippen molar-refractivity contribution in [2.75, 3.05) is 0 Å². The van der Waals surface area contributed by atoms with E-state index in [4.69, 9.17) is 4.74 Å². The van der Waals surface area contributed by atoms with Crippen LogP contribution in [0.15, 0.2) is 60.7 Å². The third-order valence-electron chi connectivity index (χ3n) is 5.05. The average molecular weight is 381 g/mol. The molecule has 2 aromatic rings. The van der Waals surface area contributed by atoms with Crippen LogP contribution in [0, 0.1) is 0 Å². The van der Waals surface area contributed by atoms with Gasteiger partial charge >= 0.3 is 5.97 Å². The summed E-state index contributed by atoms with van der Waals surface area (Å²) in [6, 6.07) is 18.0. The van der Waals surface area contributed by atoms with Gasteiger partial charge in [-0.2, -0.15) is 0 Å². The van der Waals surface area contributed by atoms with Gasteiger partial charge in [0.05, 0.1) is 11.8 Å². The van der Waals surface area contributed by atoms with E-state index in [1.807, 2.05) is 60.7 Å². The summed E-state index contributed by atoms with van der Waals surface area (Å²) in [5, 5.41) is -0.128. The Morgan fingerprint density at radius 2 is 1.70 bits per heavy atom. The molecule has 2 aromatic carbocycles. The quantitative estimate of drug-likeness (QED) is 0.453. The van der Waals surface area contributed by atoms with Crippen molar-refractivity contribution in [3.63, 3.8) is 0 Å². The second-order valence-electron chi connectivity index (χ2n) is 6.92.